The Morgan fingerprint density at radius 3 is 2.62 bits per heavy atom. The zero-order valence-corrected chi connectivity index (χ0v) is 13.2. The lowest BCUT2D eigenvalue weighted by Crippen LogP contribution is -2.38. The molecule has 118 valence electrons. The molecule has 0 aliphatic rings. The molecule has 21 heavy (non-hydrogen) atoms. The van der Waals surface area contributed by atoms with E-state index in [1.54, 1.807) is 13.0 Å². The summed E-state index contributed by atoms with van der Waals surface area (Å²) in [6.07, 6.45) is -0.655. The minimum atomic E-state index is -0.655. The van der Waals surface area contributed by atoms with Gasteiger partial charge in [-0.3, -0.25) is 4.79 Å². The van der Waals surface area contributed by atoms with Gasteiger partial charge in [-0.1, -0.05) is 20.8 Å². The van der Waals surface area contributed by atoms with Gasteiger partial charge in [0.05, 0.1) is 0 Å². The number of carbonyl (C=O) groups is 1. The second-order valence-corrected chi connectivity index (χ2v) is 5.47. The standard InChI is InChI=1S/C16H25FN2O2/c1-5-18-10-13-6-14(17)8-15(7-13)21-12(4)16(20)19-9-11(2)3/h6-8,11-12,18H,5,9-10H2,1-4H3,(H,19,20). The van der Waals surface area contributed by atoms with Crippen molar-refractivity contribution < 1.29 is 13.9 Å². The molecule has 1 amide bonds. The molecule has 1 unspecified atom stereocenters. The Kier molecular flexibility index (Phi) is 7.15. The van der Waals surface area contributed by atoms with Crippen LogP contribution in [0.4, 0.5) is 4.39 Å². The summed E-state index contributed by atoms with van der Waals surface area (Å²) >= 11 is 0. The van der Waals surface area contributed by atoms with E-state index in [1.807, 2.05) is 20.8 Å². The molecule has 0 saturated heterocycles. The second-order valence-electron chi connectivity index (χ2n) is 5.47. The highest BCUT2D eigenvalue weighted by Gasteiger charge is 2.15. The number of carbonyl (C=O) groups excluding carboxylic acids is 1. The molecule has 0 aromatic heterocycles. The molecule has 0 radical (unpaired) electrons. The number of rotatable bonds is 8. The van der Waals surface area contributed by atoms with Crippen molar-refractivity contribution in [2.75, 3.05) is 13.1 Å². The van der Waals surface area contributed by atoms with Gasteiger partial charge in [0.15, 0.2) is 6.10 Å². The normalized spacial score (nSPS) is 12.3. The van der Waals surface area contributed by atoms with E-state index in [9.17, 15) is 9.18 Å². The number of ether oxygens (including phenoxy) is 1. The van der Waals surface area contributed by atoms with E-state index in [1.165, 1.54) is 12.1 Å². The molecule has 0 saturated carbocycles. The van der Waals surface area contributed by atoms with E-state index in [0.29, 0.717) is 24.8 Å². The van der Waals surface area contributed by atoms with Crippen LogP contribution in [-0.2, 0) is 11.3 Å². The van der Waals surface area contributed by atoms with E-state index < -0.39 is 6.10 Å². The van der Waals surface area contributed by atoms with Crippen LogP contribution < -0.4 is 15.4 Å². The number of benzene rings is 1. The fraction of sp³-hybridized carbons (Fsp3) is 0.562. The zero-order valence-electron chi connectivity index (χ0n) is 13.2. The molecule has 0 spiro atoms. The lowest BCUT2D eigenvalue weighted by atomic mass is 10.2. The molecular weight excluding hydrogens is 271 g/mol. The quantitative estimate of drug-likeness (QED) is 0.775. The van der Waals surface area contributed by atoms with Gasteiger partial charge in [0.2, 0.25) is 0 Å². The van der Waals surface area contributed by atoms with Gasteiger partial charge < -0.3 is 15.4 Å². The fourth-order valence-electron chi connectivity index (χ4n) is 1.77. The highest BCUT2D eigenvalue weighted by Crippen LogP contribution is 2.18. The predicted octanol–water partition coefficient (Wildman–Crippen LogP) is 2.47. The van der Waals surface area contributed by atoms with Crippen molar-refractivity contribution in [2.45, 2.75) is 40.3 Å². The molecule has 0 aliphatic heterocycles. The first-order chi connectivity index (χ1) is 9.92. The van der Waals surface area contributed by atoms with Crippen LogP contribution in [0.15, 0.2) is 18.2 Å². The minimum absolute atomic E-state index is 0.193. The maximum atomic E-state index is 13.6. The Morgan fingerprint density at radius 2 is 2.00 bits per heavy atom. The SMILES string of the molecule is CCNCc1cc(F)cc(OC(C)C(=O)NCC(C)C)c1. The van der Waals surface area contributed by atoms with E-state index in [2.05, 4.69) is 10.6 Å². The molecule has 1 aromatic carbocycles. The number of nitrogens with one attached hydrogen (secondary N) is 2. The van der Waals surface area contributed by atoms with Crippen LogP contribution in [0.1, 0.15) is 33.3 Å². The molecule has 0 fully saturated rings. The monoisotopic (exact) mass is 296 g/mol. The van der Waals surface area contributed by atoms with Gasteiger partial charge in [0, 0.05) is 19.2 Å². The largest absolute Gasteiger partial charge is 0.481 e. The van der Waals surface area contributed by atoms with Crippen molar-refractivity contribution in [3.63, 3.8) is 0 Å². The average molecular weight is 296 g/mol. The molecule has 1 aromatic rings. The molecule has 5 heteroatoms. The molecule has 1 rings (SSSR count). The van der Waals surface area contributed by atoms with Crippen LogP contribution in [0.3, 0.4) is 0 Å². The van der Waals surface area contributed by atoms with Crippen LogP contribution in [-0.4, -0.2) is 25.1 Å². The van der Waals surface area contributed by atoms with Crippen LogP contribution in [0.25, 0.3) is 0 Å². The first-order valence-corrected chi connectivity index (χ1v) is 7.37. The summed E-state index contributed by atoms with van der Waals surface area (Å²) in [5.74, 6) is 0.188. The third kappa shape index (κ3) is 6.58. The second kappa shape index (κ2) is 8.62. The Hall–Kier alpha value is -1.62. The van der Waals surface area contributed by atoms with Crippen LogP contribution in [0, 0.1) is 11.7 Å². The summed E-state index contributed by atoms with van der Waals surface area (Å²) in [4.78, 5) is 11.9. The Bertz CT molecular complexity index is 464. The van der Waals surface area contributed by atoms with E-state index >= 15 is 0 Å². The van der Waals surface area contributed by atoms with Crippen molar-refractivity contribution >= 4 is 5.91 Å². The van der Waals surface area contributed by atoms with Crippen molar-refractivity contribution in [3.8, 4) is 5.75 Å². The van der Waals surface area contributed by atoms with Gasteiger partial charge in [-0.2, -0.15) is 0 Å². The molecular formula is C16H25FN2O2. The smallest absolute Gasteiger partial charge is 0.260 e. The first-order valence-electron chi connectivity index (χ1n) is 7.37. The topological polar surface area (TPSA) is 50.4 Å². The van der Waals surface area contributed by atoms with E-state index in [4.69, 9.17) is 4.74 Å². The van der Waals surface area contributed by atoms with Gasteiger partial charge in [-0.25, -0.2) is 4.39 Å². The maximum absolute atomic E-state index is 13.6. The number of halogens is 1. The third-order valence-corrected chi connectivity index (χ3v) is 2.88. The molecule has 0 bridgehead atoms. The highest BCUT2D eigenvalue weighted by molar-refractivity contribution is 5.80. The van der Waals surface area contributed by atoms with Crippen molar-refractivity contribution in [2.24, 2.45) is 5.92 Å². The lowest BCUT2D eigenvalue weighted by Gasteiger charge is -2.16. The van der Waals surface area contributed by atoms with Crippen LogP contribution in [0.2, 0.25) is 0 Å². The van der Waals surface area contributed by atoms with E-state index in [0.717, 1.165) is 12.1 Å². The Labute approximate surface area is 126 Å². The maximum Gasteiger partial charge on any atom is 0.260 e. The van der Waals surface area contributed by atoms with Crippen molar-refractivity contribution in [1.82, 2.24) is 10.6 Å². The summed E-state index contributed by atoms with van der Waals surface area (Å²) in [6.45, 7) is 9.65. The lowest BCUT2D eigenvalue weighted by molar-refractivity contribution is -0.127. The average Bonchev–Trinajstić information content (AvgIpc) is 2.41. The van der Waals surface area contributed by atoms with Crippen LogP contribution >= 0.6 is 0 Å². The van der Waals surface area contributed by atoms with Gasteiger partial charge in [-0.05, 0) is 37.1 Å². The third-order valence-electron chi connectivity index (χ3n) is 2.88. The van der Waals surface area contributed by atoms with Crippen molar-refractivity contribution in [3.05, 3.63) is 29.6 Å². The summed E-state index contributed by atoms with van der Waals surface area (Å²) in [7, 11) is 0. The fourth-order valence-corrected chi connectivity index (χ4v) is 1.77. The predicted molar refractivity (Wildman–Crippen MR) is 81.7 cm³/mol. The number of amides is 1. The number of hydrogen-bond acceptors (Lipinski definition) is 3. The summed E-state index contributed by atoms with van der Waals surface area (Å²) in [5, 5.41) is 5.92. The highest BCUT2D eigenvalue weighted by atomic mass is 19.1. The van der Waals surface area contributed by atoms with Gasteiger partial charge in [-0.15, -0.1) is 0 Å². The Balaban J connectivity index is 2.64. The molecule has 1 atom stereocenters. The van der Waals surface area contributed by atoms with Crippen molar-refractivity contribution in [1.29, 1.82) is 0 Å². The molecule has 4 nitrogen and oxygen atoms in total. The minimum Gasteiger partial charge on any atom is -0.481 e. The van der Waals surface area contributed by atoms with Gasteiger partial charge in [0.1, 0.15) is 11.6 Å². The molecule has 0 heterocycles. The van der Waals surface area contributed by atoms with E-state index in [-0.39, 0.29) is 11.7 Å². The summed E-state index contributed by atoms with van der Waals surface area (Å²) in [6, 6.07) is 4.50. The first kappa shape index (κ1) is 17.4. The summed E-state index contributed by atoms with van der Waals surface area (Å²) in [5.41, 5.74) is 0.793. The molecule has 2 N–H and O–H groups in total. The Morgan fingerprint density at radius 1 is 1.29 bits per heavy atom. The van der Waals surface area contributed by atoms with Gasteiger partial charge >= 0.3 is 0 Å². The zero-order chi connectivity index (χ0) is 15.8. The number of hydrogen-bond donors (Lipinski definition) is 2. The van der Waals surface area contributed by atoms with Gasteiger partial charge in [0.25, 0.3) is 5.91 Å². The summed E-state index contributed by atoms with van der Waals surface area (Å²) < 4.78 is 19.1. The van der Waals surface area contributed by atoms with Crippen LogP contribution in [0.5, 0.6) is 5.75 Å². The molecule has 0 aliphatic carbocycles.